The molecule has 15 heavy (non-hydrogen) atoms. The van der Waals surface area contributed by atoms with Crippen molar-refractivity contribution in [3.63, 3.8) is 0 Å². The summed E-state index contributed by atoms with van der Waals surface area (Å²) < 4.78 is 4.88. The summed E-state index contributed by atoms with van der Waals surface area (Å²) in [6.45, 7) is 0. The summed E-state index contributed by atoms with van der Waals surface area (Å²) in [5, 5.41) is 19.6. The second kappa shape index (κ2) is 3.09. The van der Waals surface area contributed by atoms with Gasteiger partial charge in [0.15, 0.2) is 0 Å². The van der Waals surface area contributed by atoms with Crippen LogP contribution in [0.5, 0.6) is 0 Å². The minimum atomic E-state index is -1.25. The number of carbonyl (C=O) groups is 1. The second-order valence-corrected chi connectivity index (χ2v) is 2.87. The third kappa shape index (κ3) is 1.41. The molecule has 0 radical (unpaired) electrons. The van der Waals surface area contributed by atoms with Crippen molar-refractivity contribution in [3.05, 3.63) is 40.1 Å². The van der Waals surface area contributed by atoms with Gasteiger partial charge in [-0.05, 0) is 6.07 Å². The van der Waals surface area contributed by atoms with E-state index in [0.717, 1.165) is 0 Å². The monoisotopic (exact) mass is 207 g/mol. The summed E-state index contributed by atoms with van der Waals surface area (Å²) in [7, 11) is 0. The minimum absolute atomic E-state index is 0.0140. The van der Waals surface area contributed by atoms with Gasteiger partial charge in [0.25, 0.3) is 0 Å². The Labute approximate surface area is 82.9 Å². The number of para-hydroxylation sites is 1. The van der Waals surface area contributed by atoms with Gasteiger partial charge in [-0.2, -0.15) is 0 Å². The first kappa shape index (κ1) is 9.20. The highest BCUT2D eigenvalue weighted by molar-refractivity contribution is 5.94. The number of nitrogens with zero attached hydrogens (tertiary/aromatic N) is 1. The lowest BCUT2D eigenvalue weighted by Gasteiger charge is -1.90. The molecule has 1 heterocycles. The molecule has 0 aliphatic carbocycles. The second-order valence-electron chi connectivity index (χ2n) is 2.87. The molecule has 76 valence electrons. The molecule has 1 N–H and O–H groups in total. The van der Waals surface area contributed by atoms with Crippen molar-refractivity contribution in [2.75, 3.05) is 0 Å². The van der Waals surface area contributed by atoms with Crippen molar-refractivity contribution >= 4 is 22.6 Å². The molecule has 0 aliphatic heterocycles. The zero-order chi connectivity index (χ0) is 11.0. The lowest BCUT2D eigenvalue weighted by Crippen LogP contribution is -1.91. The van der Waals surface area contributed by atoms with E-state index in [4.69, 9.17) is 9.52 Å². The Morgan fingerprint density at radius 1 is 1.47 bits per heavy atom. The molecular formula is C9H5NO5. The topological polar surface area (TPSA) is 93.6 Å². The predicted octanol–water partition coefficient (Wildman–Crippen LogP) is 2.04. The maximum atomic E-state index is 10.6. The average Bonchev–Trinajstić information content (AvgIpc) is 2.60. The fourth-order valence-electron chi connectivity index (χ4n) is 1.30. The van der Waals surface area contributed by atoms with Crippen molar-refractivity contribution in [2.24, 2.45) is 0 Å². The molecule has 0 bridgehead atoms. The molecule has 0 amide bonds. The number of benzene rings is 1. The van der Waals surface area contributed by atoms with Gasteiger partial charge in [-0.15, -0.1) is 0 Å². The van der Waals surface area contributed by atoms with Gasteiger partial charge in [-0.1, -0.05) is 12.1 Å². The molecular weight excluding hydrogens is 202 g/mol. The Balaban J connectivity index is 2.75. The summed E-state index contributed by atoms with van der Waals surface area (Å²) in [5.74, 6) is -1.56. The van der Waals surface area contributed by atoms with Gasteiger partial charge in [0, 0.05) is 11.5 Å². The summed E-state index contributed by atoms with van der Waals surface area (Å²) in [6, 6.07) is 5.54. The number of nitro groups is 1. The number of carboxylic acids is 1. The van der Waals surface area contributed by atoms with Gasteiger partial charge in [0.05, 0.1) is 4.92 Å². The Morgan fingerprint density at radius 2 is 2.20 bits per heavy atom. The van der Waals surface area contributed by atoms with E-state index in [-0.39, 0.29) is 17.0 Å². The largest absolute Gasteiger partial charge is 0.475 e. The normalized spacial score (nSPS) is 10.4. The van der Waals surface area contributed by atoms with E-state index in [1.54, 1.807) is 6.07 Å². The molecule has 2 rings (SSSR count). The van der Waals surface area contributed by atoms with E-state index in [0.29, 0.717) is 5.39 Å². The molecule has 0 fully saturated rings. The molecule has 1 aromatic heterocycles. The summed E-state index contributed by atoms with van der Waals surface area (Å²) in [5.41, 5.74) is -0.250. The van der Waals surface area contributed by atoms with Gasteiger partial charge in [0.2, 0.25) is 11.3 Å². The number of rotatable bonds is 2. The molecule has 0 spiro atoms. The van der Waals surface area contributed by atoms with E-state index >= 15 is 0 Å². The van der Waals surface area contributed by atoms with E-state index in [9.17, 15) is 14.9 Å². The van der Waals surface area contributed by atoms with Crippen LogP contribution in [0.15, 0.2) is 28.7 Å². The maximum Gasteiger partial charge on any atom is 0.371 e. The van der Waals surface area contributed by atoms with Gasteiger partial charge < -0.3 is 9.52 Å². The van der Waals surface area contributed by atoms with E-state index in [2.05, 4.69) is 0 Å². The highest BCUT2D eigenvalue weighted by Gasteiger charge is 2.18. The summed E-state index contributed by atoms with van der Waals surface area (Å²) in [6.07, 6.45) is 0. The Bertz CT molecular complexity index is 557. The van der Waals surface area contributed by atoms with Crippen molar-refractivity contribution in [1.82, 2.24) is 0 Å². The maximum absolute atomic E-state index is 10.6. The smallest absolute Gasteiger partial charge is 0.371 e. The van der Waals surface area contributed by atoms with E-state index < -0.39 is 10.9 Å². The quantitative estimate of drug-likeness (QED) is 0.600. The van der Waals surface area contributed by atoms with E-state index in [1.807, 2.05) is 0 Å². The van der Waals surface area contributed by atoms with Crippen LogP contribution in [0.3, 0.4) is 0 Å². The third-order valence-electron chi connectivity index (χ3n) is 1.93. The molecule has 0 atom stereocenters. The SMILES string of the molecule is O=C(O)c1cc2cccc([N+](=O)[O-])c2o1. The van der Waals surface area contributed by atoms with Crippen LogP contribution in [-0.4, -0.2) is 16.0 Å². The van der Waals surface area contributed by atoms with Crippen LogP contribution in [0.4, 0.5) is 5.69 Å². The highest BCUT2D eigenvalue weighted by Crippen LogP contribution is 2.28. The lowest BCUT2D eigenvalue weighted by atomic mass is 10.2. The number of carboxylic acid groups (broad SMARTS) is 1. The zero-order valence-electron chi connectivity index (χ0n) is 7.34. The number of hydrogen-bond donors (Lipinski definition) is 1. The molecule has 2 aromatic rings. The number of nitro benzene ring substituents is 1. The van der Waals surface area contributed by atoms with E-state index in [1.165, 1.54) is 18.2 Å². The molecule has 0 saturated heterocycles. The lowest BCUT2D eigenvalue weighted by molar-refractivity contribution is -0.383. The van der Waals surface area contributed by atoms with Gasteiger partial charge in [0.1, 0.15) is 0 Å². The number of furan rings is 1. The van der Waals surface area contributed by atoms with Gasteiger partial charge >= 0.3 is 11.7 Å². The van der Waals surface area contributed by atoms with Gasteiger partial charge in [-0.3, -0.25) is 10.1 Å². The summed E-state index contributed by atoms with van der Waals surface area (Å²) in [4.78, 5) is 20.6. The Hall–Kier alpha value is -2.37. The zero-order valence-corrected chi connectivity index (χ0v) is 7.34. The van der Waals surface area contributed by atoms with Crippen molar-refractivity contribution in [1.29, 1.82) is 0 Å². The summed E-state index contributed by atoms with van der Waals surface area (Å²) >= 11 is 0. The van der Waals surface area contributed by atoms with Crippen LogP contribution in [0.2, 0.25) is 0 Å². The number of hydrogen-bond acceptors (Lipinski definition) is 4. The van der Waals surface area contributed by atoms with Crippen LogP contribution in [0, 0.1) is 10.1 Å². The van der Waals surface area contributed by atoms with Crippen molar-refractivity contribution in [3.8, 4) is 0 Å². The van der Waals surface area contributed by atoms with Gasteiger partial charge in [-0.25, -0.2) is 4.79 Å². The first-order chi connectivity index (χ1) is 7.09. The first-order valence-corrected chi connectivity index (χ1v) is 4.00. The molecule has 0 unspecified atom stereocenters. The average molecular weight is 207 g/mol. The standard InChI is InChI=1S/C9H5NO5/c11-9(12)7-4-5-2-1-3-6(10(13)14)8(5)15-7/h1-4H,(H,11,12). The number of fused-ring (bicyclic) bond motifs is 1. The van der Waals surface area contributed by atoms with Crippen molar-refractivity contribution < 1.29 is 19.2 Å². The molecule has 6 heteroatoms. The van der Waals surface area contributed by atoms with Crippen molar-refractivity contribution in [2.45, 2.75) is 0 Å². The van der Waals surface area contributed by atoms with Crippen LogP contribution in [0.25, 0.3) is 11.0 Å². The fourth-order valence-corrected chi connectivity index (χ4v) is 1.30. The minimum Gasteiger partial charge on any atom is -0.475 e. The predicted molar refractivity (Wildman–Crippen MR) is 49.8 cm³/mol. The molecule has 0 saturated carbocycles. The molecule has 0 aliphatic rings. The van der Waals surface area contributed by atoms with Crippen LogP contribution in [-0.2, 0) is 0 Å². The van der Waals surface area contributed by atoms with Crippen LogP contribution in [0.1, 0.15) is 10.6 Å². The highest BCUT2D eigenvalue weighted by atomic mass is 16.6. The Morgan fingerprint density at radius 3 is 2.80 bits per heavy atom. The number of non-ortho nitro benzene ring substituents is 1. The Kier molecular flexibility index (Phi) is 1.89. The van der Waals surface area contributed by atoms with Crippen LogP contribution < -0.4 is 0 Å². The first-order valence-electron chi connectivity index (χ1n) is 4.00. The molecule has 6 nitrogen and oxygen atoms in total. The van der Waals surface area contributed by atoms with Crippen LogP contribution >= 0.6 is 0 Å². The third-order valence-corrected chi connectivity index (χ3v) is 1.93. The number of aromatic carboxylic acids is 1. The fraction of sp³-hybridized carbons (Fsp3) is 0. The molecule has 1 aromatic carbocycles.